The van der Waals surface area contributed by atoms with Gasteiger partial charge in [-0.2, -0.15) is 0 Å². The van der Waals surface area contributed by atoms with Gasteiger partial charge in [0.15, 0.2) is 17.5 Å². The lowest BCUT2D eigenvalue weighted by Crippen LogP contribution is -2.48. The molecule has 0 unspecified atom stereocenters. The fourth-order valence-electron chi connectivity index (χ4n) is 3.06. The van der Waals surface area contributed by atoms with E-state index in [9.17, 15) is 4.79 Å². The van der Waals surface area contributed by atoms with Gasteiger partial charge in [-0.05, 0) is 25.8 Å². The first-order valence-corrected chi connectivity index (χ1v) is 9.29. The summed E-state index contributed by atoms with van der Waals surface area (Å²) in [5.74, 6) is 2.20. The lowest BCUT2D eigenvalue weighted by atomic mass is 10.1. The van der Waals surface area contributed by atoms with Crippen molar-refractivity contribution in [3.63, 3.8) is 0 Å². The first kappa shape index (κ1) is 24.9. The summed E-state index contributed by atoms with van der Waals surface area (Å²) in [6, 6.07) is 3.76. The van der Waals surface area contributed by atoms with E-state index in [2.05, 4.69) is 10.3 Å². The van der Waals surface area contributed by atoms with E-state index < -0.39 is 0 Å². The van der Waals surface area contributed by atoms with E-state index >= 15 is 0 Å². The topological polar surface area (TPSA) is 108 Å². The zero-order chi connectivity index (χ0) is 20.5. The Kier molecular flexibility index (Phi) is 10.7. The van der Waals surface area contributed by atoms with Gasteiger partial charge in [0.2, 0.25) is 0 Å². The Hall–Kier alpha value is -2.11. The Balaban J connectivity index is 0.00000420. The third-order valence-electron chi connectivity index (χ3n) is 4.58. The van der Waals surface area contributed by atoms with Crippen LogP contribution in [0.1, 0.15) is 25.3 Å². The van der Waals surface area contributed by atoms with Crippen molar-refractivity contribution in [2.24, 2.45) is 10.7 Å². The summed E-state index contributed by atoms with van der Waals surface area (Å²) in [6.07, 6.45) is 1.31. The number of hydrogen-bond acceptors (Lipinski definition) is 6. The number of carbonyl (C=O) groups is 1. The highest BCUT2D eigenvalue weighted by atomic mass is 127. The largest absolute Gasteiger partial charge is 0.496 e. The summed E-state index contributed by atoms with van der Waals surface area (Å²) in [6.45, 7) is 3.79. The number of nitrogens with two attached hydrogens (primary N) is 1. The maximum Gasteiger partial charge on any atom is 0.409 e. The van der Waals surface area contributed by atoms with Gasteiger partial charge in [0.25, 0.3) is 0 Å². The Labute approximate surface area is 188 Å². The average Bonchev–Trinajstić information content (AvgIpc) is 2.72. The highest BCUT2D eigenvalue weighted by Gasteiger charge is 2.23. The normalized spacial score (nSPS) is 14.6. The van der Waals surface area contributed by atoms with Gasteiger partial charge in [-0.25, -0.2) is 9.79 Å². The van der Waals surface area contributed by atoms with Crippen molar-refractivity contribution in [3.8, 4) is 17.2 Å². The number of hydrogen-bond donors (Lipinski definition) is 2. The molecule has 0 bridgehead atoms. The van der Waals surface area contributed by atoms with E-state index in [1.807, 2.05) is 6.07 Å². The first-order valence-electron chi connectivity index (χ1n) is 9.29. The summed E-state index contributed by atoms with van der Waals surface area (Å²) in [7, 11) is 4.74. The fourth-order valence-corrected chi connectivity index (χ4v) is 3.06. The first-order chi connectivity index (χ1) is 13.5. The van der Waals surface area contributed by atoms with E-state index in [0.29, 0.717) is 49.4 Å². The molecular formula is C19H31IN4O5. The Morgan fingerprint density at radius 3 is 2.28 bits per heavy atom. The number of likely N-dealkylation sites (tertiary alicyclic amines) is 1. The minimum Gasteiger partial charge on any atom is -0.496 e. The second-order valence-electron chi connectivity index (χ2n) is 6.33. The highest BCUT2D eigenvalue weighted by Crippen LogP contribution is 2.34. The van der Waals surface area contributed by atoms with Crippen LogP contribution in [0.4, 0.5) is 4.79 Å². The summed E-state index contributed by atoms with van der Waals surface area (Å²) < 4.78 is 21.1. The monoisotopic (exact) mass is 522 g/mol. The molecule has 0 atom stereocenters. The number of guanidine groups is 1. The Morgan fingerprint density at radius 2 is 1.72 bits per heavy atom. The van der Waals surface area contributed by atoms with Crippen molar-refractivity contribution < 1.29 is 23.7 Å². The maximum absolute atomic E-state index is 11.7. The number of methoxy groups -OCH3 is 3. The van der Waals surface area contributed by atoms with Crippen LogP contribution in [-0.4, -0.2) is 64.0 Å². The van der Waals surface area contributed by atoms with Crippen LogP contribution in [0.5, 0.6) is 17.2 Å². The minimum absolute atomic E-state index is 0. The molecule has 3 N–H and O–H groups in total. The maximum atomic E-state index is 11.7. The van der Waals surface area contributed by atoms with Gasteiger partial charge in [0.05, 0.1) is 34.5 Å². The third kappa shape index (κ3) is 7.02. The van der Waals surface area contributed by atoms with Crippen LogP contribution in [0.15, 0.2) is 17.1 Å². The minimum atomic E-state index is -0.261. The number of rotatable bonds is 7. The molecule has 1 amide bonds. The van der Waals surface area contributed by atoms with Crippen molar-refractivity contribution in [2.45, 2.75) is 32.4 Å². The molecule has 0 radical (unpaired) electrons. The molecule has 9 nitrogen and oxygen atoms in total. The molecule has 2 rings (SSSR count). The van der Waals surface area contributed by atoms with Crippen molar-refractivity contribution in [1.82, 2.24) is 10.2 Å². The molecular weight excluding hydrogens is 491 g/mol. The van der Waals surface area contributed by atoms with Crippen LogP contribution in [-0.2, 0) is 11.3 Å². The van der Waals surface area contributed by atoms with E-state index in [0.717, 1.165) is 18.4 Å². The zero-order valence-electron chi connectivity index (χ0n) is 17.4. The molecule has 0 aromatic heterocycles. The molecule has 1 aliphatic rings. The summed E-state index contributed by atoms with van der Waals surface area (Å²) in [5.41, 5.74) is 6.88. The van der Waals surface area contributed by atoms with E-state index in [4.69, 9.17) is 24.7 Å². The van der Waals surface area contributed by atoms with Crippen molar-refractivity contribution in [3.05, 3.63) is 17.7 Å². The van der Waals surface area contributed by atoms with Crippen LogP contribution < -0.4 is 25.3 Å². The van der Waals surface area contributed by atoms with Crippen LogP contribution in [0.25, 0.3) is 0 Å². The number of halogens is 1. The summed E-state index contributed by atoms with van der Waals surface area (Å²) >= 11 is 0. The number of nitrogens with zero attached hydrogens (tertiary/aromatic N) is 2. The molecule has 1 aromatic rings. The molecule has 164 valence electrons. The second kappa shape index (κ2) is 12.5. The standard InChI is InChI=1S/C19H30N4O5.HI/c1-5-28-19(24)23-8-6-14(7-9-23)22-18(20)21-12-13-10-16(26-3)17(27-4)11-15(13)25-2;/h10-11,14H,5-9,12H2,1-4H3,(H3,20,21,22);1H. The number of piperidine rings is 1. The second-order valence-corrected chi connectivity index (χ2v) is 6.33. The van der Waals surface area contributed by atoms with E-state index in [-0.39, 0.29) is 36.1 Å². The van der Waals surface area contributed by atoms with Crippen molar-refractivity contribution in [2.75, 3.05) is 41.0 Å². The number of nitrogens with one attached hydrogen (secondary N) is 1. The predicted octanol–water partition coefficient (Wildman–Crippen LogP) is 2.36. The number of aliphatic imine (C=N–C) groups is 1. The lowest BCUT2D eigenvalue weighted by Gasteiger charge is -2.31. The molecule has 29 heavy (non-hydrogen) atoms. The van der Waals surface area contributed by atoms with Crippen LogP contribution in [0, 0.1) is 0 Å². The van der Waals surface area contributed by atoms with Crippen LogP contribution in [0.2, 0.25) is 0 Å². The van der Waals surface area contributed by atoms with Crippen LogP contribution in [0.3, 0.4) is 0 Å². The molecule has 1 aromatic carbocycles. The molecule has 1 heterocycles. The summed E-state index contributed by atoms with van der Waals surface area (Å²) in [4.78, 5) is 17.9. The van der Waals surface area contributed by atoms with E-state index in [1.54, 1.807) is 39.2 Å². The number of benzene rings is 1. The quantitative estimate of drug-likeness (QED) is 0.322. The van der Waals surface area contributed by atoms with Gasteiger partial charge in [-0.15, -0.1) is 24.0 Å². The van der Waals surface area contributed by atoms with Crippen LogP contribution >= 0.6 is 24.0 Å². The van der Waals surface area contributed by atoms with E-state index in [1.165, 1.54) is 0 Å². The van der Waals surface area contributed by atoms with Gasteiger partial charge in [-0.1, -0.05) is 0 Å². The molecule has 0 saturated carbocycles. The van der Waals surface area contributed by atoms with Crippen molar-refractivity contribution >= 4 is 36.0 Å². The average molecular weight is 522 g/mol. The van der Waals surface area contributed by atoms with Gasteiger partial charge < -0.3 is 34.9 Å². The fraction of sp³-hybridized carbons (Fsp3) is 0.579. The summed E-state index contributed by atoms with van der Waals surface area (Å²) in [5, 5.41) is 3.22. The molecule has 1 saturated heterocycles. The third-order valence-corrected chi connectivity index (χ3v) is 4.58. The highest BCUT2D eigenvalue weighted by molar-refractivity contribution is 14.0. The number of ether oxygens (including phenoxy) is 4. The Morgan fingerprint density at radius 1 is 1.14 bits per heavy atom. The van der Waals surface area contributed by atoms with Gasteiger partial charge in [0, 0.05) is 30.8 Å². The lowest BCUT2D eigenvalue weighted by molar-refractivity contribution is 0.0963. The van der Waals surface area contributed by atoms with Gasteiger partial charge in [-0.3, -0.25) is 0 Å². The van der Waals surface area contributed by atoms with Crippen molar-refractivity contribution in [1.29, 1.82) is 0 Å². The zero-order valence-corrected chi connectivity index (χ0v) is 19.7. The predicted molar refractivity (Wildman–Crippen MR) is 122 cm³/mol. The molecule has 1 fully saturated rings. The molecule has 0 spiro atoms. The Bertz CT molecular complexity index is 693. The number of carbonyl (C=O) groups excluding carboxylic acids is 1. The van der Waals surface area contributed by atoms with Gasteiger partial charge in [0.1, 0.15) is 5.75 Å². The molecule has 1 aliphatic heterocycles. The molecule has 0 aliphatic carbocycles. The number of amides is 1. The van der Waals surface area contributed by atoms with Gasteiger partial charge >= 0.3 is 6.09 Å². The molecule has 10 heteroatoms. The SMILES string of the molecule is CCOC(=O)N1CCC(NC(N)=NCc2cc(OC)c(OC)cc2OC)CC1.I. The smallest absolute Gasteiger partial charge is 0.409 e.